The van der Waals surface area contributed by atoms with Crippen molar-refractivity contribution in [2.24, 2.45) is 0 Å². The summed E-state index contributed by atoms with van der Waals surface area (Å²) in [5.41, 5.74) is 2.50. The molecule has 0 fully saturated rings. The van der Waals surface area contributed by atoms with Gasteiger partial charge in [0, 0.05) is 30.4 Å². The molecule has 1 N–H and O–H groups in total. The van der Waals surface area contributed by atoms with E-state index in [1.807, 2.05) is 41.2 Å². The minimum absolute atomic E-state index is 0.271. The fraction of sp³-hybridized carbons (Fsp3) is 0.167. The molecule has 0 spiro atoms. The third-order valence-electron chi connectivity index (χ3n) is 3.53. The van der Waals surface area contributed by atoms with Gasteiger partial charge < -0.3 is 5.32 Å². The Morgan fingerprint density at radius 3 is 2.61 bits per heavy atom. The van der Waals surface area contributed by atoms with E-state index in [2.05, 4.69) is 10.4 Å². The van der Waals surface area contributed by atoms with E-state index in [0.29, 0.717) is 18.7 Å². The van der Waals surface area contributed by atoms with E-state index >= 15 is 0 Å². The van der Waals surface area contributed by atoms with Gasteiger partial charge in [0.05, 0.1) is 12.7 Å². The summed E-state index contributed by atoms with van der Waals surface area (Å²) in [4.78, 5) is 0. The number of benzene rings is 2. The zero-order chi connectivity index (χ0) is 16.1. The van der Waals surface area contributed by atoms with Crippen molar-refractivity contribution in [1.82, 2.24) is 15.1 Å². The van der Waals surface area contributed by atoms with Gasteiger partial charge in [-0.05, 0) is 23.8 Å². The fourth-order valence-electron chi connectivity index (χ4n) is 2.37. The van der Waals surface area contributed by atoms with Gasteiger partial charge in [-0.15, -0.1) is 0 Å². The molecule has 2 aromatic carbocycles. The molecule has 0 bridgehead atoms. The summed E-state index contributed by atoms with van der Waals surface area (Å²) >= 11 is 0. The smallest absolute Gasteiger partial charge is 0.127 e. The highest BCUT2D eigenvalue weighted by molar-refractivity contribution is 5.19. The Morgan fingerprint density at radius 2 is 1.78 bits per heavy atom. The third-order valence-corrected chi connectivity index (χ3v) is 3.53. The molecular formula is C18H17F2N3. The highest BCUT2D eigenvalue weighted by atomic mass is 19.1. The summed E-state index contributed by atoms with van der Waals surface area (Å²) in [6.45, 7) is 1.53. The molecule has 0 aliphatic heterocycles. The molecule has 3 aromatic rings. The van der Waals surface area contributed by atoms with Gasteiger partial charge in [-0.1, -0.05) is 30.3 Å². The second kappa shape index (κ2) is 7.15. The van der Waals surface area contributed by atoms with Crippen LogP contribution in [0.3, 0.4) is 0 Å². The van der Waals surface area contributed by atoms with Crippen LogP contribution in [0.15, 0.2) is 60.9 Å². The van der Waals surface area contributed by atoms with Crippen molar-refractivity contribution >= 4 is 0 Å². The Kier molecular flexibility index (Phi) is 4.78. The highest BCUT2D eigenvalue weighted by Crippen LogP contribution is 2.10. The topological polar surface area (TPSA) is 29.9 Å². The number of nitrogens with zero attached hydrogens (tertiary/aromatic N) is 2. The SMILES string of the molecule is Fc1ccc(F)c(CNCc2cnn(Cc3ccccc3)c2)c1. The molecule has 0 saturated carbocycles. The second-order valence-corrected chi connectivity index (χ2v) is 5.37. The lowest BCUT2D eigenvalue weighted by molar-refractivity contribution is 0.568. The first-order valence-corrected chi connectivity index (χ1v) is 7.40. The van der Waals surface area contributed by atoms with Crippen LogP contribution in [0.1, 0.15) is 16.7 Å². The lowest BCUT2D eigenvalue weighted by Crippen LogP contribution is -2.13. The molecule has 0 aliphatic rings. The number of hydrogen-bond donors (Lipinski definition) is 1. The minimum Gasteiger partial charge on any atom is -0.308 e. The first-order chi connectivity index (χ1) is 11.2. The van der Waals surface area contributed by atoms with Crippen LogP contribution in [0.2, 0.25) is 0 Å². The van der Waals surface area contributed by atoms with Crippen LogP contribution >= 0.6 is 0 Å². The Bertz CT molecular complexity index is 769. The van der Waals surface area contributed by atoms with Gasteiger partial charge in [0.25, 0.3) is 0 Å². The molecule has 5 heteroatoms. The molecule has 0 atom stereocenters. The fourth-order valence-corrected chi connectivity index (χ4v) is 2.37. The molecule has 1 heterocycles. The van der Waals surface area contributed by atoms with E-state index < -0.39 is 11.6 Å². The van der Waals surface area contributed by atoms with Crippen molar-refractivity contribution in [3.63, 3.8) is 0 Å². The number of aromatic nitrogens is 2. The monoisotopic (exact) mass is 313 g/mol. The van der Waals surface area contributed by atoms with Gasteiger partial charge in [-0.2, -0.15) is 5.10 Å². The lowest BCUT2D eigenvalue weighted by atomic mass is 10.2. The first kappa shape index (κ1) is 15.4. The lowest BCUT2D eigenvalue weighted by Gasteiger charge is -2.05. The zero-order valence-corrected chi connectivity index (χ0v) is 12.5. The standard InChI is InChI=1S/C18H17F2N3/c19-17-6-7-18(20)16(8-17)11-21-9-15-10-22-23(13-15)12-14-4-2-1-3-5-14/h1-8,10,13,21H,9,11-12H2. The maximum Gasteiger partial charge on any atom is 0.127 e. The van der Waals surface area contributed by atoms with Crippen molar-refractivity contribution in [2.45, 2.75) is 19.6 Å². The quantitative estimate of drug-likeness (QED) is 0.755. The van der Waals surface area contributed by atoms with Crippen LogP contribution in [0.4, 0.5) is 8.78 Å². The minimum atomic E-state index is -0.432. The van der Waals surface area contributed by atoms with Crippen LogP contribution in [-0.2, 0) is 19.6 Å². The van der Waals surface area contributed by atoms with E-state index in [1.54, 1.807) is 6.20 Å². The Hall–Kier alpha value is -2.53. The van der Waals surface area contributed by atoms with Gasteiger partial charge in [-0.3, -0.25) is 4.68 Å². The maximum atomic E-state index is 13.5. The summed E-state index contributed by atoms with van der Waals surface area (Å²) in [6.07, 6.45) is 3.72. The average Bonchev–Trinajstić information content (AvgIpc) is 2.99. The van der Waals surface area contributed by atoms with Crippen LogP contribution < -0.4 is 5.32 Å². The van der Waals surface area contributed by atoms with E-state index in [0.717, 1.165) is 17.7 Å². The number of halogens is 2. The molecule has 118 valence electrons. The van der Waals surface area contributed by atoms with Crippen LogP contribution in [0.5, 0.6) is 0 Å². The van der Waals surface area contributed by atoms with E-state index in [9.17, 15) is 8.78 Å². The Balaban J connectivity index is 1.54. The summed E-state index contributed by atoms with van der Waals surface area (Å²) in [5, 5.41) is 7.41. The first-order valence-electron chi connectivity index (χ1n) is 7.40. The van der Waals surface area contributed by atoms with E-state index in [1.165, 1.54) is 11.6 Å². The molecule has 0 unspecified atom stereocenters. The molecule has 0 saturated heterocycles. The number of nitrogens with one attached hydrogen (secondary N) is 1. The molecule has 23 heavy (non-hydrogen) atoms. The molecular weight excluding hydrogens is 296 g/mol. The predicted molar refractivity (Wildman–Crippen MR) is 84.7 cm³/mol. The van der Waals surface area contributed by atoms with Crippen molar-refractivity contribution in [2.75, 3.05) is 0 Å². The molecule has 0 radical (unpaired) electrons. The number of rotatable bonds is 6. The normalized spacial score (nSPS) is 10.9. The summed E-state index contributed by atoms with van der Waals surface area (Å²) in [6, 6.07) is 13.5. The average molecular weight is 313 g/mol. The van der Waals surface area contributed by atoms with Gasteiger partial charge in [0.1, 0.15) is 11.6 Å². The Labute approximate surface area is 133 Å². The van der Waals surface area contributed by atoms with Gasteiger partial charge in [-0.25, -0.2) is 8.78 Å². The second-order valence-electron chi connectivity index (χ2n) is 5.37. The van der Waals surface area contributed by atoms with Gasteiger partial charge in [0.2, 0.25) is 0 Å². The molecule has 3 rings (SSSR count). The highest BCUT2D eigenvalue weighted by Gasteiger charge is 2.04. The van der Waals surface area contributed by atoms with Crippen molar-refractivity contribution in [3.05, 3.63) is 89.2 Å². The van der Waals surface area contributed by atoms with E-state index in [-0.39, 0.29) is 6.54 Å². The third kappa shape index (κ3) is 4.23. The van der Waals surface area contributed by atoms with Crippen molar-refractivity contribution in [3.8, 4) is 0 Å². The van der Waals surface area contributed by atoms with Crippen LogP contribution in [0.25, 0.3) is 0 Å². The van der Waals surface area contributed by atoms with Crippen LogP contribution in [0, 0.1) is 11.6 Å². The molecule has 3 nitrogen and oxygen atoms in total. The zero-order valence-electron chi connectivity index (χ0n) is 12.5. The number of hydrogen-bond acceptors (Lipinski definition) is 2. The van der Waals surface area contributed by atoms with Crippen molar-refractivity contribution < 1.29 is 8.78 Å². The van der Waals surface area contributed by atoms with Crippen molar-refractivity contribution in [1.29, 1.82) is 0 Å². The van der Waals surface area contributed by atoms with Gasteiger partial charge in [0.15, 0.2) is 0 Å². The Morgan fingerprint density at radius 1 is 0.957 bits per heavy atom. The van der Waals surface area contributed by atoms with Crippen LogP contribution in [-0.4, -0.2) is 9.78 Å². The predicted octanol–water partition coefficient (Wildman–Crippen LogP) is 3.50. The van der Waals surface area contributed by atoms with Gasteiger partial charge >= 0.3 is 0 Å². The summed E-state index contributed by atoms with van der Waals surface area (Å²) in [7, 11) is 0. The largest absolute Gasteiger partial charge is 0.308 e. The molecule has 0 amide bonds. The van der Waals surface area contributed by atoms with E-state index in [4.69, 9.17) is 0 Å². The summed E-state index contributed by atoms with van der Waals surface area (Å²) in [5.74, 6) is -0.836. The summed E-state index contributed by atoms with van der Waals surface area (Å²) < 4.78 is 28.5. The molecule has 1 aromatic heterocycles. The maximum absolute atomic E-state index is 13.5. The molecule has 0 aliphatic carbocycles.